The topological polar surface area (TPSA) is 58.3 Å². The van der Waals surface area contributed by atoms with Gasteiger partial charge in [-0.3, -0.25) is 9.88 Å². The van der Waals surface area contributed by atoms with Gasteiger partial charge in [-0.15, -0.1) is 23.7 Å². The summed E-state index contributed by atoms with van der Waals surface area (Å²) < 4.78 is 0. The summed E-state index contributed by atoms with van der Waals surface area (Å²) >= 11 is 1.58. The molecule has 0 spiro atoms. The Morgan fingerprint density at radius 2 is 2.26 bits per heavy atom. The average Bonchev–Trinajstić information content (AvgIpc) is 3.06. The number of nitrogens with zero attached hydrogens (tertiary/aromatic N) is 4. The quantitative estimate of drug-likeness (QED) is 0.895. The van der Waals surface area contributed by atoms with E-state index in [9.17, 15) is 0 Å². The Morgan fingerprint density at radius 3 is 2.91 bits per heavy atom. The fraction of sp³-hybridized carbons (Fsp3) is 0.500. The Morgan fingerprint density at radius 1 is 1.43 bits per heavy atom. The molecule has 23 heavy (non-hydrogen) atoms. The smallest absolute Gasteiger partial charge is 0.180 e. The van der Waals surface area contributed by atoms with E-state index in [0.717, 1.165) is 19.6 Å². The minimum absolute atomic E-state index is 0. The molecule has 1 fully saturated rings. The maximum Gasteiger partial charge on any atom is 0.180 e. The molecular weight excluding hydrogens is 330 g/mol. The molecule has 0 aromatic carbocycles. The molecule has 0 bridgehead atoms. The van der Waals surface area contributed by atoms with Crippen molar-refractivity contribution in [1.29, 1.82) is 0 Å². The van der Waals surface area contributed by atoms with Gasteiger partial charge in [-0.2, -0.15) is 0 Å². The number of nitrogens with two attached hydrogens (primary N) is 1. The van der Waals surface area contributed by atoms with Crippen molar-refractivity contribution in [2.75, 3.05) is 32.9 Å². The van der Waals surface area contributed by atoms with E-state index in [1.165, 1.54) is 16.9 Å². The van der Waals surface area contributed by atoms with Crippen LogP contribution in [0.2, 0.25) is 0 Å². The molecular formula is C16H24ClN5S. The fourth-order valence-corrected chi connectivity index (χ4v) is 4.19. The number of likely N-dealkylation sites (tertiary alicyclic amines) is 1. The molecule has 0 aliphatic carbocycles. The van der Waals surface area contributed by atoms with Crippen LogP contribution in [0.3, 0.4) is 0 Å². The van der Waals surface area contributed by atoms with Gasteiger partial charge in [0.2, 0.25) is 0 Å². The maximum atomic E-state index is 5.71. The Bertz CT molecular complexity index is 606. The molecule has 2 N–H and O–H groups in total. The van der Waals surface area contributed by atoms with E-state index < -0.39 is 0 Å². The van der Waals surface area contributed by atoms with Crippen molar-refractivity contribution >= 4 is 28.9 Å². The molecule has 0 saturated carbocycles. The predicted octanol–water partition coefficient (Wildman–Crippen LogP) is 2.67. The van der Waals surface area contributed by atoms with Crippen LogP contribution in [0.25, 0.3) is 0 Å². The van der Waals surface area contributed by atoms with Crippen molar-refractivity contribution in [2.45, 2.75) is 19.0 Å². The second-order valence-corrected chi connectivity index (χ2v) is 7.27. The van der Waals surface area contributed by atoms with E-state index in [2.05, 4.69) is 39.9 Å². The number of pyridine rings is 1. The van der Waals surface area contributed by atoms with Crippen molar-refractivity contribution in [3.8, 4) is 0 Å². The summed E-state index contributed by atoms with van der Waals surface area (Å²) in [5, 5.41) is 0.650. The summed E-state index contributed by atoms with van der Waals surface area (Å²) in [7, 11) is 4.39. The lowest BCUT2D eigenvalue weighted by Gasteiger charge is -2.28. The van der Waals surface area contributed by atoms with Crippen LogP contribution in [0.15, 0.2) is 30.7 Å². The van der Waals surface area contributed by atoms with Gasteiger partial charge >= 0.3 is 0 Å². The largest absolute Gasteiger partial charge is 0.375 e. The number of thiazole rings is 1. The average molecular weight is 354 g/mol. The van der Waals surface area contributed by atoms with Crippen molar-refractivity contribution in [2.24, 2.45) is 5.92 Å². The van der Waals surface area contributed by atoms with E-state index in [1.807, 2.05) is 24.7 Å². The van der Waals surface area contributed by atoms with Crippen LogP contribution in [-0.4, -0.2) is 47.0 Å². The molecule has 5 nitrogen and oxygen atoms in total. The number of aromatic nitrogens is 2. The lowest BCUT2D eigenvalue weighted by molar-refractivity contribution is 0.214. The van der Waals surface area contributed by atoms with Crippen LogP contribution >= 0.6 is 23.7 Å². The second-order valence-electron chi connectivity index (χ2n) is 6.12. The molecule has 2 aromatic heterocycles. The first kappa shape index (κ1) is 18.1. The lowest BCUT2D eigenvalue weighted by Crippen LogP contribution is -2.29. The fourth-order valence-electron chi connectivity index (χ4n) is 3.42. The third-order valence-electron chi connectivity index (χ3n) is 4.34. The molecule has 2 atom stereocenters. The summed E-state index contributed by atoms with van der Waals surface area (Å²) in [6, 6.07) is 4.68. The third-order valence-corrected chi connectivity index (χ3v) is 5.15. The second kappa shape index (κ2) is 8.06. The van der Waals surface area contributed by atoms with Crippen molar-refractivity contribution in [3.05, 3.63) is 41.2 Å². The first-order chi connectivity index (χ1) is 10.6. The van der Waals surface area contributed by atoms with Crippen molar-refractivity contribution in [3.63, 3.8) is 0 Å². The standard InChI is InChI=1S/C16H23N5S.ClH/c1-20(11-14-9-19-16(17)22-14)10-13-5-7-21(2)15(13)12-4-3-6-18-8-12;/h3-4,6,8-9,13,15H,5,7,10-11H2,1-2H3,(H2,17,19);1H/t13-,15-;/m0./s1. The van der Waals surface area contributed by atoms with Gasteiger partial charge in [0, 0.05) is 42.6 Å². The minimum Gasteiger partial charge on any atom is -0.375 e. The van der Waals surface area contributed by atoms with Crippen LogP contribution in [0.1, 0.15) is 22.9 Å². The molecule has 1 saturated heterocycles. The zero-order valence-electron chi connectivity index (χ0n) is 13.6. The van der Waals surface area contributed by atoms with Crippen LogP contribution in [0, 0.1) is 5.92 Å². The summed E-state index contributed by atoms with van der Waals surface area (Å²) in [6.45, 7) is 3.13. The molecule has 7 heteroatoms. The predicted molar refractivity (Wildman–Crippen MR) is 97.8 cm³/mol. The summed E-state index contributed by atoms with van der Waals surface area (Å²) in [5.41, 5.74) is 7.03. The number of anilines is 1. The number of rotatable bonds is 5. The first-order valence-corrected chi connectivity index (χ1v) is 8.44. The van der Waals surface area contributed by atoms with Crippen molar-refractivity contribution in [1.82, 2.24) is 19.8 Å². The maximum absolute atomic E-state index is 5.71. The number of halogens is 1. The normalized spacial score (nSPS) is 21.5. The van der Waals surface area contributed by atoms with Gasteiger partial charge in [0.25, 0.3) is 0 Å². The molecule has 2 aromatic rings. The van der Waals surface area contributed by atoms with Gasteiger partial charge < -0.3 is 10.6 Å². The van der Waals surface area contributed by atoms with Crippen LogP contribution < -0.4 is 5.73 Å². The highest BCUT2D eigenvalue weighted by Crippen LogP contribution is 2.36. The molecule has 126 valence electrons. The van der Waals surface area contributed by atoms with E-state index in [4.69, 9.17) is 5.73 Å². The van der Waals surface area contributed by atoms with Gasteiger partial charge in [-0.1, -0.05) is 6.07 Å². The van der Waals surface area contributed by atoms with E-state index in [0.29, 0.717) is 17.1 Å². The zero-order valence-corrected chi connectivity index (χ0v) is 15.2. The zero-order chi connectivity index (χ0) is 15.5. The van der Waals surface area contributed by atoms with Crippen molar-refractivity contribution < 1.29 is 0 Å². The SMILES string of the molecule is CN(Cc1cnc(N)s1)C[C@@H]1CCN(C)[C@H]1c1cccnc1.Cl. The molecule has 0 unspecified atom stereocenters. The van der Waals surface area contributed by atoms with E-state index in [1.54, 1.807) is 11.3 Å². The Kier molecular flexibility index (Phi) is 6.35. The summed E-state index contributed by atoms with van der Waals surface area (Å²) in [6.07, 6.45) is 6.96. The van der Waals surface area contributed by atoms with Crippen LogP contribution in [0.4, 0.5) is 5.13 Å². The number of hydrogen-bond acceptors (Lipinski definition) is 6. The molecule has 1 aliphatic rings. The molecule has 0 radical (unpaired) electrons. The van der Waals surface area contributed by atoms with Crippen LogP contribution in [-0.2, 0) is 6.54 Å². The summed E-state index contributed by atoms with van der Waals surface area (Å²) in [5.74, 6) is 0.629. The number of hydrogen-bond donors (Lipinski definition) is 1. The molecule has 1 aliphatic heterocycles. The Balaban J connectivity index is 0.00000192. The van der Waals surface area contributed by atoms with Gasteiger partial charge in [0.1, 0.15) is 0 Å². The van der Waals surface area contributed by atoms with Crippen LogP contribution in [0.5, 0.6) is 0 Å². The third kappa shape index (κ3) is 4.41. The molecule has 3 rings (SSSR count). The highest BCUT2D eigenvalue weighted by Gasteiger charge is 2.33. The summed E-state index contributed by atoms with van der Waals surface area (Å²) in [4.78, 5) is 14.5. The van der Waals surface area contributed by atoms with Gasteiger partial charge in [0.15, 0.2) is 5.13 Å². The van der Waals surface area contributed by atoms with Gasteiger partial charge in [-0.05, 0) is 44.6 Å². The minimum atomic E-state index is 0. The molecule has 0 amide bonds. The van der Waals surface area contributed by atoms with E-state index >= 15 is 0 Å². The Labute approximate surface area is 147 Å². The van der Waals surface area contributed by atoms with Gasteiger partial charge in [0.05, 0.1) is 0 Å². The van der Waals surface area contributed by atoms with E-state index in [-0.39, 0.29) is 12.4 Å². The highest BCUT2D eigenvalue weighted by molar-refractivity contribution is 7.15. The van der Waals surface area contributed by atoms with Gasteiger partial charge in [-0.25, -0.2) is 4.98 Å². The first-order valence-electron chi connectivity index (χ1n) is 7.62. The highest BCUT2D eigenvalue weighted by atomic mass is 35.5. The Hall–Kier alpha value is -1.21. The number of nitrogen functional groups attached to an aromatic ring is 1. The lowest BCUT2D eigenvalue weighted by atomic mass is 9.94. The molecule has 3 heterocycles. The monoisotopic (exact) mass is 353 g/mol.